The van der Waals surface area contributed by atoms with Gasteiger partial charge in [-0.15, -0.1) is 0 Å². The van der Waals surface area contributed by atoms with E-state index in [0.717, 1.165) is 35.1 Å². The molecule has 1 aliphatic rings. The van der Waals surface area contributed by atoms with Crippen LogP contribution in [0.2, 0.25) is 0 Å². The standard InChI is InChI=1S/C15H20INO/c1-15(2)8-5-10-17(11-9-15)14(18)12-6-3-4-7-13(12)16/h3-4,6-7H,5,8-11H2,1-2H3. The van der Waals surface area contributed by atoms with E-state index in [4.69, 9.17) is 0 Å². The van der Waals surface area contributed by atoms with E-state index in [-0.39, 0.29) is 5.91 Å². The highest BCUT2D eigenvalue weighted by atomic mass is 127. The molecule has 1 aliphatic heterocycles. The van der Waals surface area contributed by atoms with E-state index < -0.39 is 0 Å². The second kappa shape index (κ2) is 5.59. The maximum atomic E-state index is 12.5. The number of carbonyl (C=O) groups is 1. The van der Waals surface area contributed by atoms with Gasteiger partial charge in [-0.3, -0.25) is 4.79 Å². The van der Waals surface area contributed by atoms with E-state index in [9.17, 15) is 4.79 Å². The fourth-order valence-corrected chi connectivity index (χ4v) is 3.05. The van der Waals surface area contributed by atoms with Gasteiger partial charge in [0.25, 0.3) is 5.91 Å². The topological polar surface area (TPSA) is 20.3 Å². The summed E-state index contributed by atoms with van der Waals surface area (Å²) >= 11 is 2.24. The molecular formula is C15H20INO. The highest BCUT2D eigenvalue weighted by molar-refractivity contribution is 14.1. The zero-order chi connectivity index (χ0) is 13.2. The Labute approximate surface area is 123 Å². The molecule has 3 heteroatoms. The van der Waals surface area contributed by atoms with Crippen LogP contribution in [0.3, 0.4) is 0 Å². The first-order valence-electron chi connectivity index (χ1n) is 6.53. The number of nitrogens with zero attached hydrogens (tertiary/aromatic N) is 1. The molecule has 0 spiro atoms. The van der Waals surface area contributed by atoms with Gasteiger partial charge >= 0.3 is 0 Å². The molecule has 1 fully saturated rings. The molecule has 0 aliphatic carbocycles. The van der Waals surface area contributed by atoms with Crippen molar-refractivity contribution in [2.75, 3.05) is 13.1 Å². The van der Waals surface area contributed by atoms with Crippen LogP contribution >= 0.6 is 22.6 Å². The first-order valence-corrected chi connectivity index (χ1v) is 7.61. The Morgan fingerprint density at radius 2 is 1.94 bits per heavy atom. The number of carbonyl (C=O) groups excluding carboxylic acids is 1. The van der Waals surface area contributed by atoms with Crippen molar-refractivity contribution in [3.8, 4) is 0 Å². The van der Waals surface area contributed by atoms with Gasteiger partial charge in [0.05, 0.1) is 5.56 Å². The summed E-state index contributed by atoms with van der Waals surface area (Å²) in [6.45, 7) is 6.38. The molecule has 1 saturated heterocycles. The van der Waals surface area contributed by atoms with Crippen molar-refractivity contribution in [2.45, 2.75) is 33.1 Å². The van der Waals surface area contributed by atoms with Crippen molar-refractivity contribution in [3.63, 3.8) is 0 Å². The van der Waals surface area contributed by atoms with E-state index >= 15 is 0 Å². The lowest BCUT2D eigenvalue weighted by molar-refractivity contribution is 0.0756. The molecule has 0 bridgehead atoms. The predicted octanol–water partition coefficient (Wildman–Crippen LogP) is 3.94. The van der Waals surface area contributed by atoms with E-state index in [1.807, 2.05) is 29.2 Å². The minimum absolute atomic E-state index is 0.192. The third-order valence-corrected chi connectivity index (χ3v) is 4.67. The van der Waals surface area contributed by atoms with Gasteiger partial charge in [0.2, 0.25) is 0 Å². The van der Waals surface area contributed by atoms with Crippen LogP contribution in [0.4, 0.5) is 0 Å². The Kier molecular flexibility index (Phi) is 4.30. The van der Waals surface area contributed by atoms with Gasteiger partial charge in [-0.25, -0.2) is 0 Å². The fraction of sp³-hybridized carbons (Fsp3) is 0.533. The monoisotopic (exact) mass is 357 g/mol. The van der Waals surface area contributed by atoms with E-state index in [0.29, 0.717) is 5.41 Å². The lowest BCUT2D eigenvalue weighted by atomic mass is 9.85. The fourth-order valence-electron chi connectivity index (χ4n) is 2.43. The Morgan fingerprint density at radius 1 is 1.22 bits per heavy atom. The van der Waals surface area contributed by atoms with Gasteiger partial charge in [-0.2, -0.15) is 0 Å². The van der Waals surface area contributed by atoms with E-state index in [1.54, 1.807) is 0 Å². The van der Waals surface area contributed by atoms with Crippen molar-refractivity contribution in [1.82, 2.24) is 4.90 Å². The molecule has 0 radical (unpaired) electrons. The summed E-state index contributed by atoms with van der Waals surface area (Å²) in [6.07, 6.45) is 3.42. The number of benzene rings is 1. The van der Waals surface area contributed by atoms with Crippen LogP contribution in [0.1, 0.15) is 43.5 Å². The van der Waals surface area contributed by atoms with Crippen LogP contribution in [0.25, 0.3) is 0 Å². The Balaban J connectivity index is 2.13. The molecule has 0 saturated carbocycles. The van der Waals surface area contributed by atoms with Crippen molar-refractivity contribution in [1.29, 1.82) is 0 Å². The minimum atomic E-state index is 0.192. The van der Waals surface area contributed by atoms with Gasteiger partial charge < -0.3 is 4.90 Å². The normalized spacial score (nSPS) is 19.4. The average molecular weight is 357 g/mol. The molecule has 98 valence electrons. The molecule has 0 N–H and O–H groups in total. The van der Waals surface area contributed by atoms with Gasteiger partial charge in [0, 0.05) is 16.7 Å². The summed E-state index contributed by atoms with van der Waals surface area (Å²) in [7, 11) is 0. The molecule has 0 unspecified atom stereocenters. The van der Waals surface area contributed by atoms with Gasteiger partial charge in [0.15, 0.2) is 0 Å². The third-order valence-electron chi connectivity index (χ3n) is 3.73. The van der Waals surface area contributed by atoms with Gasteiger partial charge in [-0.05, 0) is 59.4 Å². The van der Waals surface area contributed by atoms with Crippen LogP contribution < -0.4 is 0 Å². The summed E-state index contributed by atoms with van der Waals surface area (Å²) < 4.78 is 1.05. The minimum Gasteiger partial charge on any atom is -0.339 e. The van der Waals surface area contributed by atoms with Crippen LogP contribution in [0, 0.1) is 8.99 Å². The molecule has 1 amide bonds. The Hall–Kier alpha value is -0.580. The highest BCUT2D eigenvalue weighted by Gasteiger charge is 2.26. The van der Waals surface area contributed by atoms with Crippen molar-refractivity contribution >= 4 is 28.5 Å². The number of likely N-dealkylation sites (tertiary alicyclic amines) is 1. The van der Waals surface area contributed by atoms with Crippen LogP contribution in [-0.4, -0.2) is 23.9 Å². The smallest absolute Gasteiger partial charge is 0.254 e. The molecule has 0 atom stereocenters. The van der Waals surface area contributed by atoms with E-state index in [2.05, 4.69) is 36.4 Å². The number of hydrogen-bond donors (Lipinski definition) is 0. The zero-order valence-corrected chi connectivity index (χ0v) is 13.2. The second-order valence-corrected chi connectivity index (χ2v) is 6.95. The van der Waals surface area contributed by atoms with Crippen molar-refractivity contribution in [3.05, 3.63) is 33.4 Å². The number of amides is 1. The molecule has 2 rings (SSSR count). The number of rotatable bonds is 1. The van der Waals surface area contributed by atoms with Crippen LogP contribution in [-0.2, 0) is 0 Å². The second-order valence-electron chi connectivity index (χ2n) is 5.79. The maximum absolute atomic E-state index is 12.5. The zero-order valence-electron chi connectivity index (χ0n) is 11.1. The number of hydrogen-bond acceptors (Lipinski definition) is 1. The Morgan fingerprint density at radius 3 is 2.67 bits per heavy atom. The molecule has 2 nitrogen and oxygen atoms in total. The average Bonchev–Trinajstić information content (AvgIpc) is 2.50. The Bertz CT molecular complexity index is 442. The summed E-state index contributed by atoms with van der Waals surface area (Å²) in [5, 5.41) is 0. The quantitative estimate of drug-likeness (QED) is 0.697. The van der Waals surface area contributed by atoms with Crippen molar-refractivity contribution in [2.24, 2.45) is 5.41 Å². The molecule has 1 aromatic carbocycles. The van der Waals surface area contributed by atoms with Crippen LogP contribution in [0.15, 0.2) is 24.3 Å². The predicted molar refractivity (Wildman–Crippen MR) is 82.7 cm³/mol. The number of halogens is 1. The summed E-state index contributed by atoms with van der Waals surface area (Å²) in [4.78, 5) is 14.5. The summed E-state index contributed by atoms with van der Waals surface area (Å²) in [5.74, 6) is 0.192. The lowest BCUT2D eigenvalue weighted by Crippen LogP contribution is -2.32. The molecular weight excluding hydrogens is 337 g/mol. The van der Waals surface area contributed by atoms with Gasteiger partial charge in [-0.1, -0.05) is 26.0 Å². The first kappa shape index (κ1) is 13.8. The SMILES string of the molecule is CC1(C)CCCN(C(=O)c2ccccc2I)CC1. The summed E-state index contributed by atoms with van der Waals surface area (Å²) in [6, 6.07) is 7.84. The highest BCUT2D eigenvalue weighted by Crippen LogP contribution is 2.30. The maximum Gasteiger partial charge on any atom is 0.254 e. The molecule has 1 heterocycles. The summed E-state index contributed by atoms with van der Waals surface area (Å²) in [5.41, 5.74) is 1.22. The van der Waals surface area contributed by atoms with Gasteiger partial charge in [0.1, 0.15) is 0 Å². The van der Waals surface area contributed by atoms with Crippen LogP contribution in [0.5, 0.6) is 0 Å². The largest absolute Gasteiger partial charge is 0.339 e. The van der Waals surface area contributed by atoms with E-state index in [1.165, 1.54) is 6.42 Å². The van der Waals surface area contributed by atoms with Crippen molar-refractivity contribution < 1.29 is 4.79 Å². The third kappa shape index (κ3) is 3.25. The first-order chi connectivity index (χ1) is 8.49. The molecule has 18 heavy (non-hydrogen) atoms. The molecule has 0 aromatic heterocycles. The molecule has 1 aromatic rings. The lowest BCUT2D eigenvalue weighted by Gasteiger charge is -2.23.